The smallest absolute Gasteiger partial charge is 0.422 e. The van der Waals surface area contributed by atoms with E-state index in [4.69, 9.17) is 5.73 Å². The second kappa shape index (κ2) is 6.77. The molecule has 0 aliphatic carbocycles. The van der Waals surface area contributed by atoms with E-state index in [1.165, 1.54) is 0 Å². The molecule has 0 aliphatic rings. The maximum Gasteiger partial charge on any atom is 0.422 e. The van der Waals surface area contributed by atoms with E-state index in [-0.39, 0.29) is 18.8 Å². The number of rotatable bonds is 4. The van der Waals surface area contributed by atoms with Gasteiger partial charge in [-0.25, -0.2) is 0 Å². The Labute approximate surface area is 124 Å². The Kier molecular flexibility index (Phi) is 5.56. The van der Waals surface area contributed by atoms with Crippen LogP contribution in [0, 0.1) is 0 Å². The van der Waals surface area contributed by atoms with Crippen molar-refractivity contribution in [3.8, 4) is 0 Å². The van der Waals surface area contributed by atoms with Gasteiger partial charge in [0.1, 0.15) is 6.04 Å². The predicted molar refractivity (Wildman–Crippen MR) is 72.0 cm³/mol. The number of nitrogens with two attached hydrogens (primary N) is 1. The lowest BCUT2D eigenvalue weighted by atomic mass is 10.1. The van der Waals surface area contributed by atoms with Crippen molar-refractivity contribution in [1.29, 1.82) is 0 Å². The molecule has 0 spiro atoms. The summed E-state index contributed by atoms with van der Waals surface area (Å²) in [5, 5.41) is 7.49. The van der Waals surface area contributed by atoms with Crippen LogP contribution in [0.4, 0.5) is 13.2 Å². The number of alkyl halides is 3. The van der Waals surface area contributed by atoms with Gasteiger partial charge in [0.25, 0.3) is 0 Å². The van der Waals surface area contributed by atoms with Crippen LogP contribution in [0.5, 0.6) is 0 Å². The zero-order chi connectivity index (χ0) is 14.8. The molecule has 1 aromatic heterocycles. The number of halogens is 4. The van der Waals surface area contributed by atoms with Gasteiger partial charge < -0.3 is 10.5 Å². The third-order valence-corrected chi connectivity index (χ3v) is 2.65. The minimum absolute atomic E-state index is 0. The first-order valence-corrected chi connectivity index (χ1v) is 5.78. The number of para-hydroxylation sites is 1. The Morgan fingerprint density at radius 3 is 2.71 bits per heavy atom. The number of carbonyl (C=O) groups is 1. The van der Waals surface area contributed by atoms with Crippen LogP contribution in [0.2, 0.25) is 0 Å². The SMILES string of the molecule is Cl.N[C@@H](Cc1[nH]nc2ccccc12)C(=O)OCC(F)(F)F. The lowest BCUT2D eigenvalue weighted by molar-refractivity contribution is -0.187. The first kappa shape index (κ1) is 17.3. The average Bonchev–Trinajstić information content (AvgIpc) is 2.78. The molecule has 0 saturated carbocycles. The highest BCUT2D eigenvalue weighted by Crippen LogP contribution is 2.17. The molecule has 5 nitrogen and oxygen atoms in total. The van der Waals surface area contributed by atoms with E-state index in [0.717, 1.165) is 5.39 Å². The molecule has 0 fully saturated rings. The van der Waals surface area contributed by atoms with Crippen LogP contribution in [-0.4, -0.2) is 35.0 Å². The van der Waals surface area contributed by atoms with Gasteiger partial charge in [0.15, 0.2) is 6.61 Å². The van der Waals surface area contributed by atoms with E-state index in [9.17, 15) is 18.0 Å². The Balaban J connectivity index is 0.00000220. The van der Waals surface area contributed by atoms with Crippen LogP contribution >= 0.6 is 12.4 Å². The fraction of sp³-hybridized carbons (Fsp3) is 0.333. The maximum absolute atomic E-state index is 11.9. The number of esters is 1. The minimum Gasteiger partial charge on any atom is -0.455 e. The molecule has 1 atom stereocenters. The second-order valence-electron chi connectivity index (χ2n) is 4.25. The van der Waals surface area contributed by atoms with E-state index in [2.05, 4.69) is 14.9 Å². The summed E-state index contributed by atoms with van der Waals surface area (Å²) < 4.78 is 39.9. The third kappa shape index (κ3) is 4.61. The summed E-state index contributed by atoms with van der Waals surface area (Å²) in [6.07, 6.45) is -4.53. The molecule has 0 saturated heterocycles. The summed E-state index contributed by atoms with van der Waals surface area (Å²) in [6.45, 7) is -1.64. The summed E-state index contributed by atoms with van der Waals surface area (Å²) in [5.74, 6) is -1.10. The van der Waals surface area contributed by atoms with Crippen LogP contribution in [0.1, 0.15) is 5.69 Å². The fourth-order valence-electron chi connectivity index (χ4n) is 1.73. The number of hydrogen-bond donors (Lipinski definition) is 2. The minimum atomic E-state index is -4.56. The molecule has 9 heteroatoms. The summed E-state index contributed by atoms with van der Waals surface area (Å²) in [7, 11) is 0. The summed E-state index contributed by atoms with van der Waals surface area (Å²) in [4.78, 5) is 11.4. The first-order chi connectivity index (χ1) is 9.37. The van der Waals surface area contributed by atoms with E-state index in [1.807, 2.05) is 0 Å². The molecule has 3 N–H and O–H groups in total. The molecule has 1 heterocycles. The lowest BCUT2D eigenvalue weighted by Gasteiger charge is -2.12. The van der Waals surface area contributed by atoms with Gasteiger partial charge in [0.2, 0.25) is 0 Å². The molecule has 2 aromatic rings. The fourth-order valence-corrected chi connectivity index (χ4v) is 1.73. The van der Waals surface area contributed by atoms with Crippen molar-refractivity contribution in [3.63, 3.8) is 0 Å². The van der Waals surface area contributed by atoms with Gasteiger partial charge in [-0.1, -0.05) is 18.2 Å². The number of fused-ring (bicyclic) bond motifs is 1. The van der Waals surface area contributed by atoms with Crippen LogP contribution in [0.25, 0.3) is 10.9 Å². The highest BCUT2D eigenvalue weighted by Gasteiger charge is 2.31. The zero-order valence-corrected chi connectivity index (χ0v) is 11.5. The monoisotopic (exact) mass is 323 g/mol. The van der Waals surface area contributed by atoms with Crippen molar-refractivity contribution in [2.75, 3.05) is 6.61 Å². The highest BCUT2D eigenvalue weighted by atomic mass is 35.5. The van der Waals surface area contributed by atoms with E-state index < -0.39 is 24.8 Å². The molecule has 116 valence electrons. The summed E-state index contributed by atoms with van der Waals surface area (Å²) >= 11 is 0. The van der Waals surface area contributed by atoms with Gasteiger partial charge in [-0.05, 0) is 6.07 Å². The van der Waals surface area contributed by atoms with Gasteiger partial charge >= 0.3 is 12.1 Å². The number of nitrogens with one attached hydrogen (secondary N) is 1. The number of aromatic amines is 1. The highest BCUT2D eigenvalue weighted by molar-refractivity contribution is 5.85. The van der Waals surface area contributed by atoms with Gasteiger partial charge in [-0.3, -0.25) is 9.89 Å². The number of carbonyl (C=O) groups excluding carboxylic acids is 1. The molecule has 0 bridgehead atoms. The van der Waals surface area contributed by atoms with Crippen LogP contribution in [0.3, 0.4) is 0 Å². The summed E-state index contributed by atoms with van der Waals surface area (Å²) in [6, 6.07) is 5.95. The Bertz CT molecular complexity index is 615. The Morgan fingerprint density at radius 2 is 2.05 bits per heavy atom. The molecule has 21 heavy (non-hydrogen) atoms. The van der Waals surface area contributed by atoms with E-state index >= 15 is 0 Å². The topological polar surface area (TPSA) is 81.0 Å². The number of aromatic nitrogens is 2. The third-order valence-electron chi connectivity index (χ3n) is 2.65. The van der Waals surface area contributed by atoms with Crippen molar-refractivity contribution < 1.29 is 22.7 Å². The molecule has 0 radical (unpaired) electrons. The quantitative estimate of drug-likeness (QED) is 0.843. The van der Waals surface area contributed by atoms with Gasteiger partial charge in [-0.15, -0.1) is 12.4 Å². The molecule has 0 amide bonds. The van der Waals surface area contributed by atoms with Crippen molar-refractivity contribution in [2.45, 2.75) is 18.6 Å². The zero-order valence-electron chi connectivity index (χ0n) is 10.7. The van der Waals surface area contributed by atoms with Crippen molar-refractivity contribution in [2.24, 2.45) is 5.73 Å². The number of H-pyrrole nitrogens is 1. The molecular weight excluding hydrogens is 311 g/mol. The lowest BCUT2D eigenvalue weighted by Crippen LogP contribution is -2.36. The van der Waals surface area contributed by atoms with Crippen LogP contribution < -0.4 is 5.73 Å². The van der Waals surface area contributed by atoms with Crippen molar-refractivity contribution >= 4 is 29.3 Å². The number of hydrogen-bond acceptors (Lipinski definition) is 4. The number of ether oxygens (including phenoxy) is 1. The van der Waals surface area contributed by atoms with E-state index in [1.54, 1.807) is 24.3 Å². The first-order valence-electron chi connectivity index (χ1n) is 5.78. The molecule has 0 unspecified atom stereocenters. The number of benzene rings is 1. The van der Waals surface area contributed by atoms with Crippen LogP contribution in [-0.2, 0) is 16.0 Å². The van der Waals surface area contributed by atoms with Gasteiger partial charge in [-0.2, -0.15) is 18.3 Å². The Morgan fingerprint density at radius 1 is 1.38 bits per heavy atom. The van der Waals surface area contributed by atoms with Crippen molar-refractivity contribution in [1.82, 2.24) is 10.2 Å². The molecule has 2 rings (SSSR count). The molecular formula is C12H13ClF3N3O2. The normalized spacial score (nSPS) is 12.8. The van der Waals surface area contributed by atoms with Crippen molar-refractivity contribution in [3.05, 3.63) is 30.0 Å². The standard InChI is InChI=1S/C12H12F3N3O2.ClH/c13-12(14,15)6-20-11(19)8(16)5-10-7-3-1-2-4-9(7)17-18-10;/h1-4,8H,5-6,16H2,(H,17,18);1H/t8-;/m0./s1. The molecule has 1 aromatic carbocycles. The van der Waals surface area contributed by atoms with Crippen LogP contribution in [0.15, 0.2) is 24.3 Å². The van der Waals surface area contributed by atoms with E-state index in [0.29, 0.717) is 11.2 Å². The Hall–Kier alpha value is -1.80. The van der Waals surface area contributed by atoms with Gasteiger partial charge in [0.05, 0.1) is 5.52 Å². The number of nitrogens with zero attached hydrogens (tertiary/aromatic N) is 1. The molecule has 0 aliphatic heterocycles. The predicted octanol–water partition coefficient (Wildman–Crippen LogP) is 1.96. The second-order valence-corrected chi connectivity index (χ2v) is 4.25. The summed E-state index contributed by atoms with van der Waals surface area (Å²) in [5.41, 5.74) is 6.81. The largest absolute Gasteiger partial charge is 0.455 e. The maximum atomic E-state index is 11.9. The average molecular weight is 324 g/mol. The van der Waals surface area contributed by atoms with Gasteiger partial charge in [0, 0.05) is 17.5 Å².